The summed E-state index contributed by atoms with van der Waals surface area (Å²) in [5.74, 6) is -0.409. The Morgan fingerprint density at radius 2 is 2.22 bits per heavy atom. The Morgan fingerprint density at radius 3 is 2.78 bits per heavy atom. The van der Waals surface area contributed by atoms with Crippen molar-refractivity contribution < 1.29 is 14.3 Å². The summed E-state index contributed by atoms with van der Waals surface area (Å²) in [5, 5.41) is 9.72. The van der Waals surface area contributed by atoms with Crippen LogP contribution in [0, 0.1) is 11.3 Å². The van der Waals surface area contributed by atoms with Crippen LogP contribution in [-0.4, -0.2) is 36.0 Å². The van der Waals surface area contributed by atoms with Crippen LogP contribution in [-0.2, 0) is 0 Å². The lowest BCUT2D eigenvalue weighted by Gasteiger charge is -2.05. The number of allylic oxidation sites excluding steroid dienone is 1. The average Bonchev–Trinajstić information content (AvgIpc) is 2.94. The zero-order valence-corrected chi connectivity index (χ0v) is 13.6. The van der Waals surface area contributed by atoms with E-state index in [-0.39, 0.29) is 17.0 Å². The highest BCUT2D eigenvalue weighted by atomic mass is 32.2. The van der Waals surface area contributed by atoms with Gasteiger partial charge in [0.2, 0.25) is 5.78 Å². The lowest BCUT2D eigenvalue weighted by atomic mass is 10.1. The number of carbonyl (C=O) groups excluding carboxylic acids is 1. The third-order valence-corrected chi connectivity index (χ3v) is 3.44. The molecule has 2 rings (SSSR count). The summed E-state index contributed by atoms with van der Waals surface area (Å²) >= 11 is 1.29. The fourth-order valence-electron chi connectivity index (χ4n) is 2.08. The van der Waals surface area contributed by atoms with Crippen LogP contribution in [0.1, 0.15) is 10.5 Å². The van der Waals surface area contributed by atoms with E-state index >= 15 is 0 Å². The zero-order chi connectivity index (χ0) is 17.0. The van der Waals surface area contributed by atoms with Gasteiger partial charge >= 0.3 is 0 Å². The number of nitriles is 1. The van der Waals surface area contributed by atoms with Crippen LogP contribution in [0.2, 0.25) is 0 Å². The molecule has 0 radical (unpaired) electrons. The summed E-state index contributed by atoms with van der Waals surface area (Å²) in [5.41, 5.74) is 1.33. The highest BCUT2D eigenvalue weighted by molar-refractivity contribution is 7.99. The molecule has 2 N–H and O–H groups in total. The van der Waals surface area contributed by atoms with Crippen LogP contribution < -0.4 is 9.66 Å². The Labute approximate surface area is 136 Å². The molecule has 0 saturated heterocycles. The van der Waals surface area contributed by atoms with Gasteiger partial charge in [-0.15, -0.1) is 0 Å². The number of fused-ring (bicyclic) bond motifs is 1. The fraction of sp³-hybridized carbons (Fsp3) is 0.200. The Balaban J connectivity index is 2.48. The van der Waals surface area contributed by atoms with Crippen molar-refractivity contribution in [3.63, 3.8) is 0 Å². The van der Waals surface area contributed by atoms with Gasteiger partial charge in [0.25, 0.3) is 0 Å². The first-order chi connectivity index (χ1) is 11.0. The van der Waals surface area contributed by atoms with Crippen molar-refractivity contribution in [1.29, 1.82) is 5.26 Å². The van der Waals surface area contributed by atoms with E-state index in [0.29, 0.717) is 16.6 Å². The Kier molecular flexibility index (Phi) is 5.13. The molecule has 6 nitrogen and oxygen atoms in total. The standard InChI is InChI=1S/C15H15FN4O2S/c1-20(2)8-10(7-17)15(21)13-4-9-5-14(22-16)12(19-23-3)6-11(9)18-13/h4-6,8,18-19H,1-3H3/b10-8+. The van der Waals surface area contributed by atoms with E-state index in [1.807, 2.05) is 6.07 Å². The highest BCUT2D eigenvalue weighted by Gasteiger charge is 2.17. The molecule has 8 heteroatoms. The minimum Gasteiger partial charge on any atom is -0.382 e. The molecule has 0 fully saturated rings. The molecule has 0 unspecified atom stereocenters. The van der Waals surface area contributed by atoms with Gasteiger partial charge in [0.05, 0.1) is 11.4 Å². The number of carbonyl (C=O) groups is 1. The number of hydrogen-bond acceptors (Lipinski definition) is 6. The second-order valence-electron chi connectivity index (χ2n) is 4.95. The molecule has 0 atom stereocenters. The van der Waals surface area contributed by atoms with Gasteiger partial charge in [-0.3, -0.25) is 9.74 Å². The summed E-state index contributed by atoms with van der Waals surface area (Å²) in [7, 11) is 3.45. The van der Waals surface area contributed by atoms with Crippen LogP contribution >= 0.6 is 11.9 Å². The third kappa shape index (κ3) is 3.57. The minimum atomic E-state index is -0.431. The van der Waals surface area contributed by atoms with Gasteiger partial charge in [0.1, 0.15) is 11.6 Å². The number of benzene rings is 1. The molecule has 0 saturated carbocycles. The number of aromatic nitrogens is 1. The van der Waals surface area contributed by atoms with E-state index < -0.39 is 5.78 Å². The van der Waals surface area contributed by atoms with E-state index in [2.05, 4.69) is 14.6 Å². The lowest BCUT2D eigenvalue weighted by molar-refractivity contribution is -0.00504. The van der Waals surface area contributed by atoms with Gasteiger partial charge in [-0.2, -0.15) is 5.26 Å². The molecule has 0 aliphatic carbocycles. The molecule has 1 aromatic carbocycles. The number of rotatable bonds is 6. The molecular weight excluding hydrogens is 319 g/mol. The largest absolute Gasteiger partial charge is 0.382 e. The van der Waals surface area contributed by atoms with Crippen LogP contribution in [0.5, 0.6) is 5.75 Å². The van der Waals surface area contributed by atoms with Crippen molar-refractivity contribution in [3.05, 3.63) is 35.7 Å². The van der Waals surface area contributed by atoms with Crippen LogP contribution in [0.4, 0.5) is 10.2 Å². The minimum absolute atomic E-state index is 0.00554. The monoisotopic (exact) mass is 334 g/mol. The van der Waals surface area contributed by atoms with E-state index in [0.717, 1.165) is 0 Å². The zero-order valence-electron chi connectivity index (χ0n) is 12.8. The SMILES string of the molecule is CSNc1cc2[nH]c(C(=O)/C(C#N)=C/N(C)C)cc2cc1OF. The van der Waals surface area contributed by atoms with Gasteiger partial charge < -0.3 is 14.6 Å². The topological polar surface area (TPSA) is 81.2 Å². The Morgan fingerprint density at radius 1 is 1.48 bits per heavy atom. The molecule has 0 aliphatic heterocycles. The number of hydrogen-bond donors (Lipinski definition) is 2. The van der Waals surface area contributed by atoms with E-state index in [4.69, 9.17) is 5.26 Å². The predicted octanol–water partition coefficient (Wildman–Crippen LogP) is 3.27. The summed E-state index contributed by atoms with van der Waals surface area (Å²) in [6.07, 6.45) is 3.24. The van der Waals surface area contributed by atoms with Crippen LogP contribution in [0.15, 0.2) is 30.0 Å². The highest BCUT2D eigenvalue weighted by Crippen LogP contribution is 2.32. The number of halogens is 1. The van der Waals surface area contributed by atoms with Crippen LogP contribution in [0.25, 0.3) is 10.9 Å². The van der Waals surface area contributed by atoms with Crippen LogP contribution in [0.3, 0.4) is 0 Å². The molecule has 0 amide bonds. The second-order valence-corrected chi connectivity index (χ2v) is 5.56. The Hall–Kier alpha value is -2.66. The molecule has 23 heavy (non-hydrogen) atoms. The number of nitrogens with one attached hydrogen (secondary N) is 2. The average molecular weight is 334 g/mol. The summed E-state index contributed by atoms with van der Waals surface area (Å²) in [6, 6.07) is 6.55. The summed E-state index contributed by atoms with van der Waals surface area (Å²) in [4.78, 5) is 20.8. The van der Waals surface area contributed by atoms with E-state index in [1.165, 1.54) is 24.2 Å². The smallest absolute Gasteiger partial charge is 0.221 e. The maximum absolute atomic E-state index is 12.6. The molecule has 120 valence electrons. The maximum Gasteiger partial charge on any atom is 0.221 e. The van der Waals surface area contributed by atoms with Crippen molar-refractivity contribution in [2.24, 2.45) is 0 Å². The van der Waals surface area contributed by atoms with Crippen molar-refractivity contribution in [3.8, 4) is 11.8 Å². The number of Topliss-reactive ketones (excluding diaryl/α,β-unsaturated/α-hetero) is 1. The van der Waals surface area contributed by atoms with Gasteiger partial charge in [0, 0.05) is 42.0 Å². The van der Waals surface area contributed by atoms with Crippen molar-refractivity contribution in [2.45, 2.75) is 0 Å². The molecule has 0 bridgehead atoms. The van der Waals surface area contributed by atoms with Crippen molar-refractivity contribution in [1.82, 2.24) is 9.88 Å². The lowest BCUT2D eigenvalue weighted by Crippen LogP contribution is -2.09. The van der Waals surface area contributed by atoms with E-state index in [9.17, 15) is 9.32 Å². The van der Waals surface area contributed by atoms with Gasteiger partial charge in [-0.05, 0) is 18.2 Å². The summed E-state index contributed by atoms with van der Waals surface area (Å²) < 4.78 is 15.5. The molecule has 0 spiro atoms. The molecule has 1 heterocycles. The number of aromatic amines is 1. The normalized spacial score (nSPS) is 11.2. The summed E-state index contributed by atoms with van der Waals surface area (Å²) in [6.45, 7) is 0. The first-order valence-corrected chi connectivity index (χ1v) is 7.80. The molecular formula is C15H15FN4O2S. The number of H-pyrrole nitrogens is 1. The number of anilines is 1. The first kappa shape index (κ1) is 16.7. The predicted molar refractivity (Wildman–Crippen MR) is 88.9 cm³/mol. The quantitative estimate of drug-likeness (QED) is 0.365. The number of nitrogens with zero attached hydrogens (tertiary/aromatic N) is 2. The van der Waals surface area contributed by atoms with E-state index in [1.54, 1.807) is 37.4 Å². The van der Waals surface area contributed by atoms with Crippen molar-refractivity contribution >= 4 is 34.3 Å². The second kappa shape index (κ2) is 7.07. The van der Waals surface area contributed by atoms with Crippen molar-refractivity contribution in [2.75, 3.05) is 25.1 Å². The molecule has 2 aromatic rings. The fourth-order valence-corrected chi connectivity index (χ4v) is 2.46. The number of ketones is 1. The van der Waals surface area contributed by atoms with Gasteiger partial charge in [-0.1, -0.05) is 11.9 Å². The maximum atomic E-state index is 12.6. The third-order valence-electron chi connectivity index (χ3n) is 3.01. The van der Waals surface area contributed by atoms with Gasteiger partial charge in [-0.25, -0.2) is 0 Å². The molecule has 0 aliphatic rings. The molecule has 1 aromatic heterocycles. The van der Waals surface area contributed by atoms with Gasteiger partial charge in [0.15, 0.2) is 5.75 Å². The first-order valence-electron chi connectivity index (χ1n) is 6.57. The Bertz CT molecular complexity index is 808.